The van der Waals surface area contributed by atoms with Gasteiger partial charge in [-0.15, -0.1) is 0 Å². The molecule has 0 spiro atoms. The minimum atomic E-state index is 0.712. The maximum absolute atomic E-state index is 6.32. The van der Waals surface area contributed by atoms with Gasteiger partial charge in [-0.2, -0.15) is 0 Å². The number of fused-ring (bicyclic) bond motifs is 3. The van der Waals surface area contributed by atoms with Crippen molar-refractivity contribution in [2.75, 3.05) is 0 Å². The minimum absolute atomic E-state index is 0.712. The second-order valence-corrected chi connectivity index (χ2v) is 6.29. The molecule has 0 fully saturated rings. The second-order valence-electron chi connectivity index (χ2n) is 4.94. The summed E-state index contributed by atoms with van der Waals surface area (Å²) >= 11 is 9.83. The number of benzene rings is 3. The van der Waals surface area contributed by atoms with Crippen molar-refractivity contribution >= 4 is 49.5 Å². The molecule has 0 unspecified atom stereocenters. The van der Waals surface area contributed by atoms with Crippen LogP contribution >= 0.6 is 27.5 Å². The number of hydrogen-bond acceptors (Lipinski definition) is 1. The third kappa shape index (κ3) is 2.15. The standard InChI is InChI=1S/C18H10BrClO/c19-12-5-3-4-11(8-12)15-9-13(20)10-16-14-6-1-2-7-17(14)21-18(15)16/h1-10H. The first-order chi connectivity index (χ1) is 10.2. The summed E-state index contributed by atoms with van der Waals surface area (Å²) in [5.41, 5.74) is 3.84. The summed E-state index contributed by atoms with van der Waals surface area (Å²) in [5.74, 6) is 0. The zero-order chi connectivity index (χ0) is 14.4. The van der Waals surface area contributed by atoms with Crippen molar-refractivity contribution < 1.29 is 4.42 Å². The van der Waals surface area contributed by atoms with E-state index in [2.05, 4.69) is 34.1 Å². The zero-order valence-electron chi connectivity index (χ0n) is 10.9. The van der Waals surface area contributed by atoms with Crippen molar-refractivity contribution in [1.82, 2.24) is 0 Å². The van der Waals surface area contributed by atoms with Crippen LogP contribution in [0.1, 0.15) is 0 Å². The van der Waals surface area contributed by atoms with E-state index < -0.39 is 0 Å². The van der Waals surface area contributed by atoms with E-state index in [1.54, 1.807) is 0 Å². The lowest BCUT2D eigenvalue weighted by molar-refractivity contribution is 0.670. The molecular weight excluding hydrogens is 348 g/mol. The van der Waals surface area contributed by atoms with Gasteiger partial charge in [0.05, 0.1) is 0 Å². The van der Waals surface area contributed by atoms with Crippen molar-refractivity contribution in [2.24, 2.45) is 0 Å². The van der Waals surface area contributed by atoms with Gasteiger partial charge >= 0.3 is 0 Å². The molecule has 102 valence electrons. The molecule has 0 amide bonds. The Morgan fingerprint density at radius 1 is 0.857 bits per heavy atom. The first-order valence-corrected chi connectivity index (χ1v) is 7.76. The highest BCUT2D eigenvalue weighted by molar-refractivity contribution is 9.10. The van der Waals surface area contributed by atoms with Crippen LogP contribution in [0.5, 0.6) is 0 Å². The van der Waals surface area contributed by atoms with Crippen molar-refractivity contribution in [3.63, 3.8) is 0 Å². The first-order valence-electron chi connectivity index (χ1n) is 6.59. The lowest BCUT2D eigenvalue weighted by Crippen LogP contribution is -1.80. The third-order valence-electron chi connectivity index (χ3n) is 3.58. The molecule has 0 aliphatic carbocycles. The van der Waals surface area contributed by atoms with Gasteiger partial charge in [0.25, 0.3) is 0 Å². The Kier molecular flexibility index (Phi) is 3.02. The van der Waals surface area contributed by atoms with Crippen LogP contribution in [-0.2, 0) is 0 Å². The highest BCUT2D eigenvalue weighted by atomic mass is 79.9. The van der Waals surface area contributed by atoms with Crippen LogP contribution in [0.2, 0.25) is 5.02 Å². The van der Waals surface area contributed by atoms with Crippen LogP contribution in [0.25, 0.3) is 33.1 Å². The number of para-hydroxylation sites is 1. The van der Waals surface area contributed by atoms with E-state index >= 15 is 0 Å². The number of hydrogen-bond donors (Lipinski definition) is 0. The Labute approximate surface area is 135 Å². The summed E-state index contributed by atoms with van der Waals surface area (Å²) in [4.78, 5) is 0. The molecule has 1 nitrogen and oxygen atoms in total. The average Bonchev–Trinajstić information content (AvgIpc) is 2.85. The van der Waals surface area contributed by atoms with E-state index in [0.717, 1.165) is 37.5 Å². The smallest absolute Gasteiger partial charge is 0.143 e. The molecule has 0 N–H and O–H groups in total. The number of rotatable bonds is 1. The molecule has 0 saturated heterocycles. The fourth-order valence-corrected chi connectivity index (χ4v) is 3.28. The SMILES string of the molecule is Clc1cc(-c2cccc(Br)c2)c2oc3ccccc3c2c1. The molecule has 3 heteroatoms. The highest BCUT2D eigenvalue weighted by Crippen LogP contribution is 2.38. The molecule has 0 saturated carbocycles. The summed E-state index contributed by atoms with van der Waals surface area (Å²) in [6, 6.07) is 20.1. The number of halogens is 2. The van der Waals surface area contributed by atoms with Gasteiger partial charge in [-0.1, -0.05) is 57.9 Å². The third-order valence-corrected chi connectivity index (χ3v) is 4.29. The van der Waals surface area contributed by atoms with Gasteiger partial charge in [0.1, 0.15) is 11.2 Å². The van der Waals surface area contributed by atoms with Crippen molar-refractivity contribution in [3.8, 4) is 11.1 Å². The number of furan rings is 1. The van der Waals surface area contributed by atoms with E-state index in [4.69, 9.17) is 16.0 Å². The predicted molar refractivity (Wildman–Crippen MR) is 91.9 cm³/mol. The maximum Gasteiger partial charge on any atom is 0.143 e. The second kappa shape index (κ2) is 4.90. The summed E-state index contributed by atoms with van der Waals surface area (Å²) in [5, 5.41) is 2.85. The summed E-state index contributed by atoms with van der Waals surface area (Å²) in [6.07, 6.45) is 0. The summed E-state index contributed by atoms with van der Waals surface area (Å²) in [7, 11) is 0. The monoisotopic (exact) mass is 356 g/mol. The van der Waals surface area contributed by atoms with Gasteiger partial charge in [0, 0.05) is 25.8 Å². The van der Waals surface area contributed by atoms with Gasteiger partial charge in [-0.3, -0.25) is 0 Å². The molecule has 4 aromatic rings. The minimum Gasteiger partial charge on any atom is -0.455 e. The predicted octanol–water partition coefficient (Wildman–Crippen LogP) is 6.67. The Hall–Kier alpha value is -1.77. The van der Waals surface area contributed by atoms with E-state index in [1.807, 2.05) is 42.5 Å². The van der Waals surface area contributed by atoms with Crippen molar-refractivity contribution in [3.05, 3.63) is 70.2 Å². The first kappa shape index (κ1) is 12.9. The largest absolute Gasteiger partial charge is 0.455 e. The highest BCUT2D eigenvalue weighted by Gasteiger charge is 2.13. The molecule has 0 atom stereocenters. The molecular formula is C18H10BrClO. The molecule has 0 aliphatic heterocycles. The fourth-order valence-electron chi connectivity index (χ4n) is 2.66. The van der Waals surface area contributed by atoms with Gasteiger partial charge in [-0.25, -0.2) is 0 Å². The lowest BCUT2D eigenvalue weighted by atomic mass is 10.0. The Balaban J connectivity index is 2.13. The summed E-state index contributed by atoms with van der Waals surface area (Å²) < 4.78 is 7.09. The normalized spacial score (nSPS) is 11.3. The van der Waals surface area contributed by atoms with Crippen molar-refractivity contribution in [1.29, 1.82) is 0 Å². The van der Waals surface area contributed by atoms with Gasteiger partial charge in [0.15, 0.2) is 0 Å². The van der Waals surface area contributed by atoms with Crippen LogP contribution in [0.3, 0.4) is 0 Å². The zero-order valence-corrected chi connectivity index (χ0v) is 13.3. The molecule has 1 aromatic heterocycles. The topological polar surface area (TPSA) is 13.1 Å². The molecule has 0 aliphatic rings. The van der Waals surface area contributed by atoms with Gasteiger partial charge in [0.2, 0.25) is 0 Å². The van der Waals surface area contributed by atoms with Gasteiger partial charge < -0.3 is 4.42 Å². The molecule has 21 heavy (non-hydrogen) atoms. The molecule has 0 radical (unpaired) electrons. The van der Waals surface area contributed by atoms with E-state index in [0.29, 0.717) is 5.02 Å². The van der Waals surface area contributed by atoms with Gasteiger partial charge in [-0.05, 0) is 35.9 Å². The van der Waals surface area contributed by atoms with Crippen LogP contribution in [0.15, 0.2) is 69.6 Å². The van der Waals surface area contributed by atoms with E-state index in [1.165, 1.54) is 0 Å². The quantitative estimate of drug-likeness (QED) is 0.371. The Morgan fingerprint density at radius 3 is 2.57 bits per heavy atom. The molecule has 3 aromatic carbocycles. The van der Waals surface area contributed by atoms with E-state index in [-0.39, 0.29) is 0 Å². The van der Waals surface area contributed by atoms with Crippen LogP contribution in [0.4, 0.5) is 0 Å². The average molecular weight is 358 g/mol. The summed E-state index contributed by atoms with van der Waals surface area (Å²) in [6.45, 7) is 0. The molecule has 0 bridgehead atoms. The maximum atomic E-state index is 6.32. The Bertz CT molecular complexity index is 971. The molecule has 1 heterocycles. The fraction of sp³-hybridized carbons (Fsp3) is 0. The van der Waals surface area contributed by atoms with Crippen molar-refractivity contribution in [2.45, 2.75) is 0 Å². The van der Waals surface area contributed by atoms with Crippen LogP contribution in [0, 0.1) is 0 Å². The molecule has 4 rings (SSSR count). The van der Waals surface area contributed by atoms with Crippen LogP contribution in [-0.4, -0.2) is 0 Å². The van der Waals surface area contributed by atoms with Crippen LogP contribution < -0.4 is 0 Å². The lowest BCUT2D eigenvalue weighted by Gasteiger charge is -2.04. The Morgan fingerprint density at radius 2 is 1.71 bits per heavy atom. The van der Waals surface area contributed by atoms with E-state index in [9.17, 15) is 0 Å².